The summed E-state index contributed by atoms with van der Waals surface area (Å²) in [4.78, 5) is 20.6. The summed E-state index contributed by atoms with van der Waals surface area (Å²) in [5.41, 5.74) is 0. The molecule has 0 bridgehead atoms. The quantitative estimate of drug-likeness (QED) is 0.539. The van der Waals surface area contributed by atoms with Gasteiger partial charge in [-0.25, -0.2) is 0 Å². The van der Waals surface area contributed by atoms with Gasteiger partial charge in [-0.3, -0.25) is 9.59 Å². The van der Waals surface area contributed by atoms with Crippen LogP contribution in [0.3, 0.4) is 0 Å². The van der Waals surface area contributed by atoms with Crippen molar-refractivity contribution < 1.29 is 9.59 Å². The van der Waals surface area contributed by atoms with Crippen molar-refractivity contribution in [3.63, 3.8) is 0 Å². The summed E-state index contributed by atoms with van der Waals surface area (Å²) < 4.78 is 0. The summed E-state index contributed by atoms with van der Waals surface area (Å²) in [6.45, 7) is 2.93. The molecule has 3 nitrogen and oxygen atoms in total. The molecular formula is C5H9NO2S. The van der Waals surface area contributed by atoms with E-state index in [0.717, 1.165) is 0 Å². The molecule has 0 aromatic heterocycles. The average Bonchev–Trinajstić information content (AvgIpc) is 1.63. The van der Waals surface area contributed by atoms with Gasteiger partial charge >= 0.3 is 0 Å². The number of hydrogen-bond donors (Lipinski definition) is 2. The highest BCUT2D eigenvalue weighted by molar-refractivity contribution is 7.96. The van der Waals surface area contributed by atoms with Crippen molar-refractivity contribution in [2.75, 3.05) is 0 Å². The molecule has 0 spiro atoms. The number of carbonyl (C=O) groups is 2. The molecule has 0 saturated carbocycles. The highest BCUT2D eigenvalue weighted by atomic mass is 32.1. The van der Waals surface area contributed by atoms with Crippen LogP contribution in [0.2, 0.25) is 0 Å². The minimum Gasteiger partial charge on any atom is -0.346 e. The molecule has 0 aliphatic carbocycles. The number of rotatable bonds is 2. The van der Waals surface area contributed by atoms with Crippen molar-refractivity contribution >= 4 is 23.7 Å². The zero-order chi connectivity index (χ0) is 7.44. The fourth-order valence-corrected chi connectivity index (χ4v) is 0.431. The average molecular weight is 147 g/mol. The zero-order valence-electron chi connectivity index (χ0n) is 5.34. The highest BCUT2D eigenvalue weighted by Gasteiger charge is 2.07. The summed E-state index contributed by atoms with van der Waals surface area (Å²) in [5.74, 6) is -0.218. The van der Waals surface area contributed by atoms with E-state index in [1.165, 1.54) is 6.92 Å². The predicted octanol–water partition coefficient (Wildman–Crippen LogP) is -0.0326. The van der Waals surface area contributed by atoms with E-state index in [1.807, 2.05) is 0 Å². The van der Waals surface area contributed by atoms with Crippen molar-refractivity contribution in [3.8, 4) is 0 Å². The Morgan fingerprint density at radius 2 is 2.00 bits per heavy atom. The van der Waals surface area contributed by atoms with Crippen molar-refractivity contribution in [1.29, 1.82) is 0 Å². The van der Waals surface area contributed by atoms with E-state index in [0.29, 0.717) is 0 Å². The van der Waals surface area contributed by atoms with Crippen LogP contribution in [0.5, 0.6) is 0 Å². The van der Waals surface area contributed by atoms with Gasteiger partial charge in [0.25, 0.3) is 0 Å². The van der Waals surface area contributed by atoms with Crippen LogP contribution in [0, 0.1) is 0 Å². The summed E-state index contributed by atoms with van der Waals surface area (Å²) >= 11 is 3.51. The lowest BCUT2D eigenvalue weighted by Gasteiger charge is -2.05. The molecule has 4 heteroatoms. The van der Waals surface area contributed by atoms with E-state index in [1.54, 1.807) is 6.92 Å². The lowest BCUT2D eigenvalue weighted by atomic mass is 10.4. The van der Waals surface area contributed by atoms with Crippen LogP contribution < -0.4 is 5.32 Å². The molecular weight excluding hydrogens is 138 g/mol. The first-order valence-electron chi connectivity index (χ1n) is 2.54. The molecule has 0 aliphatic heterocycles. The zero-order valence-corrected chi connectivity index (χ0v) is 6.24. The Morgan fingerprint density at radius 1 is 1.56 bits per heavy atom. The van der Waals surface area contributed by atoms with E-state index < -0.39 is 6.04 Å². The van der Waals surface area contributed by atoms with Crippen LogP contribution in [-0.2, 0) is 9.59 Å². The largest absolute Gasteiger partial charge is 0.346 e. The van der Waals surface area contributed by atoms with Gasteiger partial charge in [0.2, 0.25) is 11.0 Å². The SMILES string of the molecule is CC(=O)N[C@H](C)C(=O)S. The summed E-state index contributed by atoms with van der Waals surface area (Å²) in [6.07, 6.45) is 0. The van der Waals surface area contributed by atoms with Gasteiger partial charge in [-0.05, 0) is 6.92 Å². The Labute approximate surface area is 59.2 Å². The van der Waals surface area contributed by atoms with Crippen LogP contribution >= 0.6 is 12.6 Å². The van der Waals surface area contributed by atoms with E-state index in [4.69, 9.17) is 0 Å². The van der Waals surface area contributed by atoms with Gasteiger partial charge in [0, 0.05) is 6.92 Å². The molecule has 0 heterocycles. The van der Waals surface area contributed by atoms with Gasteiger partial charge < -0.3 is 5.32 Å². The maximum absolute atomic E-state index is 10.3. The Bertz CT molecular complexity index is 135. The standard InChI is InChI=1S/C5H9NO2S/c1-3(5(8)9)6-4(2)7/h3H,1-2H3,(H,6,7)(H,8,9)/t3-/m1/s1. The fraction of sp³-hybridized carbons (Fsp3) is 0.600. The van der Waals surface area contributed by atoms with Crippen LogP contribution in [0.4, 0.5) is 0 Å². The van der Waals surface area contributed by atoms with Gasteiger partial charge in [-0.2, -0.15) is 0 Å². The van der Waals surface area contributed by atoms with Gasteiger partial charge in [-0.1, -0.05) is 0 Å². The van der Waals surface area contributed by atoms with Crippen molar-refractivity contribution in [1.82, 2.24) is 5.32 Å². The molecule has 9 heavy (non-hydrogen) atoms. The molecule has 0 radical (unpaired) electrons. The van der Waals surface area contributed by atoms with Crippen molar-refractivity contribution in [2.24, 2.45) is 0 Å². The second-order valence-electron chi connectivity index (χ2n) is 1.76. The predicted molar refractivity (Wildman–Crippen MR) is 37.3 cm³/mol. The first-order valence-corrected chi connectivity index (χ1v) is 2.98. The lowest BCUT2D eigenvalue weighted by molar-refractivity contribution is -0.122. The van der Waals surface area contributed by atoms with Crippen LogP contribution in [0.15, 0.2) is 0 Å². The van der Waals surface area contributed by atoms with E-state index in [9.17, 15) is 9.59 Å². The molecule has 0 unspecified atom stereocenters. The van der Waals surface area contributed by atoms with Gasteiger partial charge in [0.1, 0.15) is 0 Å². The molecule has 0 rings (SSSR count). The molecule has 1 atom stereocenters. The van der Waals surface area contributed by atoms with E-state index in [2.05, 4.69) is 17.9 Å². The first kappa shape index (κ1) is 8.49. The van der Waals surface area contributed by atoms with Crippen molar-refractivity contribution in [3.05, 3.63) is 0 Å². The second-order valence-corrected chi connectivity index (χ2v) is 2.20. The fourth-order valence-electron chi connectivity index (χ4n) is 0.367. The Morgan fingerprint density at radius 3 is 2.11 bits per heavy atom. The second kappa shape index (κ2) is 3.50. The molecule has 0 fully saturated rings. The topological polar surface area (TPSA) is 46.2 Å². The molecule has 0 saturated heterocycles. The number of carbonyl (C=O) groups excluding carboxylic acids is 2. The number of hydrogen-bond acceptors (Lipinski definition) is 2. The Balaban J connectivity index is 3.63. The van der Waals surface area contributed by atoms with Crippen LogP contribution in [0.1, 0.15) is 13.8 Å². The normalized spacial score (nSPS) is 12.3. The van der Waals surface area contributed by atoms with E-state index in [-0.39, 0.29) is 11.0 Å². The minimum atomic E-state index is -0.481. The number of amides is 1. The third-order valence-electron chi connectivity index (χ3n) is 0.790. The lowest BCUT2D eigenvalue weighted by Crippen LogP contribution is -2.34. The molecule has 0 aliphatic rings. The number of thiol groups is 1. The third kappa shape index (κ3) is 4.02. The van der Waals surface area contributed by atoms with Crippen LogP contribution in [0.25, 0.3) is 0 Å². The molecule has 0 aromatic rings. The van der Waals surface area contributed by atoms with Crippen molar-refractivity contribution in [2.45, 2.75) is 19.9 Å². The Kier molecular flexibility index (Phi) is 3.30. The summed E-state index contributed by atoms with van der Waals surface area (Å²) in [5, 5.41) is 2.05. The van der Waals surface area contributed by atoms with Gasteiger partial charge in [0.15, 0.2) is 0 Å². The first-order chi connectivity index (χ1) is 4.04. The highest BCUT2D eigenvalue weighted by Crippen LogP contribution is 1.87. The Hall–Kier alpha value is -0.510. The monoisotopic (exact) mass is 147 g/mol. The van der Waals surface area contributed by atoms with Gasteiger partial charge in [0.05, 0.1) is 6.04 Å². The van der Waals surface area contributed by atoms with Gasteiger partial charge in [-0.15, -0.1) is 12.6 Å². The maximum atomic E-state index is 10.3. The molecule has 1 amide bonds. The summed E-state index contributed by atoms with van der Waals surface area (Å²) in [6, 6.07) is -0.481. The smallest absolute Gasteiger partial charge is 0.217 e. The number of nitrogens with one attached hydrogen (secondary N) is 1. The summed E-state index contributed by atoms with van der Waals surface area (Å²) in [7, 11) is 0. The third-order valence-corrected chi connectivity index (χ3v) is 1.18. The van der Waals surface area contributed by atoms with Crippen LogP contribution in [-0.4, -0.2) is 17.1 Å². The maximum Gasteiger partial charge on any atom is 0.217 e. The minimum absolute atomic E-state index is 0.218. The van der Waals surface area contributed by atoms with E-state index >= 15 is 0 Å². The molecule has 1 N–H and O–H groups in total. The molecule has 52 valence electrons. The molecule has 0 aromatic carbocycles.